The molecule has 21 heavy (non-hydrogen) atoms. The van der Waals surface area contributed by atoms with Crippen molar-refractivity contribution in [2.45, 2.75) is 23.6 Å². The van der Waals surface area contributed by atoms with Gasteiger partial charge in [0.15, 0.2) is 9.84 Å². The fraction of sp³-hybridized carbons (Fsp3) is 0.250. The van der Waals surface area contributed by atoms with Gasteiger partial charge in [-0.3, -0.25) is 5.32 Å². The first-order valence-corrected chi connectivity index (χ1v) is 8.25. The van der Waals surface area contributed by atoms with Crippen molar-refractivity contribution >= 4 is 22.2 Å². The van der Waals surface area contributed by atoms with Crippen LogP contribution >= 0.6 is 12.4 Å². The van der Waals surface area contributed by atoms with Crippen molar-refractivity contribution in [1.29, 1.82) is 0 Å². The summed E-state index contributed by atoms with van der Waals surface area (Å²) in [5.74, 6) is 0. The molecule has 5 heteroatoms. The van der Waals surface area contributed by atoms with E-state index in [0.29, 0.717) is 11.4 Å². The second-order valence-corrected chi connectivity index (χ2v) is 7.18. The molecule has 0 aromatic heterocycles. The van der Waals surface area contributed by atoms with Crippen molar-refractivity contribution in [3.05, 3.63) is 65.2 Å². The minimum Gasteiger partial charge on any atom is -0.297 e. The molecule has 1 N–H and O–H groups in total. The maximum absolute atomic E-state index is 12.8. The lowest BCUT2D eigenvalue weighted by Crippen LogP contribution is -2.35. The Bertz CT molecular complexity index is 743. The lowest BCUT2D eigenvalue weighted by atomic mass is 10.0. The van der Waals surface area contributed by atoms with Gasteiger partial charge in [0.1, 0.15) is 5.37 Å². The predicted octanol–water partition coefficient (Wildman–Crippen LogP) is 3.04. The number of rotatable bonds is 2. The number of halogens is 1. The molecule has 2 aromatic rings. The van der Waals surface area contributed by atoms with Crippen LogP contribution in [0.2, 0.25) is 0 Å². The quantitative estimate of drug-likeness (QED) is 0.924. The Morgan fingerprint density at radius 3 is 2.62 bits per heavy atom. The predicted molar refractivity (Wildman–Crippen MR) is 86.5 cm³/mol. The van der Waals surface area contributed by atoms with E-state index in [1.54, 1.807) is 18.2 Å². The van der Waals surface area contributed by atoms with E-state index in [-0.39, 0.29) is 12.4 Å². The number of hydrogen-bond donors (Lipinski definition) is 1. The van der Waals surface area contributed by atoms with Gasteiger partial charge < -0.3 is 0 Å². The zero-order chi connectivity index (χ0) is 14.2. The molecule has 1 aliphatic heterocycles. The Morgan fingerprint density at radius 2 is 1.86 bits per heavy atom. The average Bonchev–Trinajstić information content (AvgIpc) is 2.46. The number of nitrogens with one attached hydrogen (secondary N) is 1. The zero-order valence-corrected chi connectivity index (χ0v) is 13.4. The van der Waals surface area contributed by atoms with Gasteiger partial charge in [-0.25, -0.2) is 8.42 Å². The maximum Gasteiger partial charge on any atom is 0.198 e. The van der Waals surface area contributed by atoms with Gasteiger partial charge in [-0.1, -0.05) is 36.4 Å². The third-order valence-electron chi connectivity index (χ3n) is 3.69. The molecular formula is C16H18ClNO2S. The van der Waals surface area contributed by atoms with Crippen LogP contribution in [0.15, 0.2) is 53.4 Å². The largest absolute Gasteiger partial charge is 0.297 e. The summed E-state index contributed by atoms with van der Waals surface area (Å²) in [6, 6.07) is 14.9. The molecule has 1 heterocycles. The van der Waals surface area contributed by atoms with Gasteiger partial charge in [-0.15, -0.1) is 12.4 Å². The maximum atomic E-state index is 12.8. The highest BCUT2D eigenvalue weighted by Crippen LogP contribution is 2.31. The molecule has 0 radical (unpaired) electrons. The van der Waals surface area contributed by atoms with Gasteiger partial charge >= 0.3 is 0 Å². The van der Waals surface area contributed by atoms with Gasteiger partial charge in [-0.2, -0.15) is 0 Å². The van der Waals surface area contributed by atoms with Crippen molar-refractivity contribution in [2.24, 2.45) is 0 Å². The van der Waals surface area contributed by atoms with E-state index in [0.717, 1.165) is 23.1 Å². The molecule has 0 aliphatic carbocycles. The van der Waals surface area contributed by atoms with Gasteiger partial charge in [0.2, 0.25) is 0 Å². The van der Waals surface area contributed by atoms with Crippen LogP contribution in [-0.2, 0) is 16.3 Å². The van der Waals surface area contributed by atoms with E-state index in [1.807, 2.05) is 37.3 Å². The smallest absolute Gasteiger partial charge is 0.198 e. The molecular weight excluding hydrogens is 306 g/mol. The summed E-state index contributed by atoms with van der Waals surface area (Å²) in [5, 5.41) is 2.50. The van der Waals surface area contributed by atoms with Crippen molar-refractivity contribution in [1.82, 2.24) is 5.32 Å². The third kappa shape index (κ3) is 2.98. The number of aryl methyl sites for hydroxylation is 1. The Balaban J connectivity index is 0.00000161. The second-order valence-electron chi connectivity index (χ2n) is 5.14. The first-order valence-electron chi connectivity index (χ1n) is 6.71. The van der Waals surface area contributed by atoms with Crippen LogP contribution in [0.5, 0.6) is 0 Å². The molecule has 1 unspecified atom stereocenters. The highest BCUT2D eigenvalue weighted by Gasteiger charge is 2.32. The van der Waals surface area contributed by atoms with Gasteiger partial charge in [0.05, 0.1) is 4.90 Å². The molecule has 0 saturated carbocycles. The van der Waals surface area contributed by atoms with E-state index in [9.17, 15) is 8.42 Å². The van der Waals surface area contributed by atoms with E-state index in [1.165, 1.54) is 0 Å². The summed E-state index contributed by atoms with van der Waals surface area (Å²) in [6.07, 6.45) is 0.871. The molecule has 1 atom stereocenters. The summed E-state index contributed by atoms with van der Waals surface area (Å²) >= 11 is 0. The Kier molecular flexibility index (Phi) is 4.71. The lowest BCUT2D eigenvalue weighted by molar-refractivity contribution is 0.542. The molecule has 112 valence electrons. The Morgan fingerprint density at radius 1 is 1.10 bits per heavy atom. The van der Waals surface area contributed by atoms with Crippen LogP contribution in [0.1, 0.15) is 22.1 Å². The molecule has 0 spiro atoms. The molecule has 3 rings (SSSR count). The summed E-state index contributed by atoms with van der Waals surface area (Å²) in [5.41, 5.74) is 2.95. The van der Waals surface area contributed by atoms with E-state index in [4.69, 9.17) is 0 Å². The summed E-state index contributed by atoms with van der Waals surface area (Å²) in [6.45, 7) is 2.59. The van der Waals surface area contributed by atoms with Gasteiger partial charge in [0.25, 0.3) is 0 Å². The van der Waals surface area contributed by atoms with Crippen molar-refractivity contribution in [2.75, 3.05) is 6.54 Å². The lowest BCUT2D eigenvalue weighted by Gasteiger charge is -2.26. The van der Waals surface area contributed by atoms with Crippen molar-refractivity contribution in [3.63, 3.8) is 0 Å². The highest BCUT2D eigenvalue weighted by atomic mass is 35.5. The number of sulfone groups is 1. The first kappa shape index (κ1) is 16.0. The molecule has 0 bridgehead atoms. The van der Waals surface area contributed by atoms with Gasteiger partial charge in [-0.05, 0) is 42.2 Å². The van der Waals surface area contributed by atoms with Crippen molar-refractivity contribution in [3.8, 4) is 0 Å². The molecule has 0 fully saturated rings. The first-order chi connectivity index (χ1) is 9.59. The minimum absolute atomic E-state index is 0. The molecule has 1 aliphatic rings. The van der Waals surface area contributed by atoms with Crippen LogP contribution in [-0.4, -0.2) is 15.0 Å². The van der Waals surface area contributed by atoms with Crippen LogP contribution < -0.4 is 5.32 Å². The second kappa shape index (κ2) is 6.18. The molecule has 0 amide bonds. The Hall–Kier alpha value is -1.36. The van der Waals surface area contributed by atoms with Crippen LogP contribution in [0.3, 0.4) is 0 Å². The van der Waals surface area contributed by atoms with E-state index >= 15 is 0 Å². The SMILES string of the molecule is Cc1cccc(S(=O)(=O)C2NCCc3ccccc32)c1.Cl. The van der Waals surface area contributed by atoms with E-state index < -0.39 is 15.2 Å². The zero-order valence-electron chi connectivity index (χ0n) is 11.7. The summed E-state index contributed by atoms with van der Waals surface area (Å²) in [7, 11) is -3.41. The summed E-state index contributed by atoms with van der Waals surface area (Å²) in [4.78, 5) is 0.381. The van der Waals surface area contributed by atoms with Crippen LogP contribution in [0.25, 0.3) is 0 Å². The highest BCUT2D eigenvalue weighted by molar-refractivity contribution is 7.91. The molecule has 3 nitrogen and oxygen atoms in total. The summed E-state index contributed by atoms with van der Waals surface area (Å²) < 4.78 is 25.7. The normalized spacial score (nSPS) is 17.7. The number of benzene rings is 2. The fourth-order valence-corrected chi connectivity index (χ4v) is 4.46. The topological polar surface area (TPSA) is 46.2 Å². The monoisotopic (exact) mass is 323 g/mol. The fourth-order valence-electron chi connectivity index (χ4n) is 2.67. The number of fused-ring (bicyclic) bond motifs is 1. The number of hydrogen-bond acceptors (Lipinski definition) is 3. The van der Waals surface area contributed by atoms with Crippen LogP contribution in [0.4, 0.5) is 0 Å². The van der Waals surface area contributed by atoms with E-state index in [2.05, 4.69) is 5.32 Å². The third-order valence-corrected chi connectivity index (χ3v) is 5.64. The molecule has 0 saturated heterocycles. The van der Waals surface area contributed by atoms with Gasteiger partial charge in [0, 0.05) is 6.54 Å². The standard InChI is InChI=1S/C16H17NO2S.ClH/c1-12-5-4-7-14(11-12)20(18,19)16-15-8-3-2-6-13(15)9-10-17-16;/h2-8,11,16-17H,9-10H2,1H3;1H. The average molecular weight is 324 g/mol. The van der Waals surface area contributed by atoms with Crippen molar-refractivity contribution < 1.29 is 8.42 Å². The van der Waals surface area contributed by atoms with Crippen LogP contribution in [0, 0.1) is 6.92 Å². The minimum atomic E-state index is -3.41. The molecule has 2 aromatic carbocycles. The Labute approximate surface area is 131 Å².